The molecule has 1 aliphatic rings. The van der Waals surface area contributed by atoms with Gasteiger partial charge in [-0.1, -0.05) is 25.4 Å². The van der Waals surface area contributed by atoms with Crippen molar-refractivity contribution in [2.75, 3.05) is 13.2 Å². The van der Waals surface area contributed by atoms with E-state index in [1.165, 1.54) is 12.1 Å². The molecule has 0 heterocycles. The van der Waals surface area contributed by atoms with Crippen molar-refractivity contribution in [1.29, 1.82) is 0 Å². The van der Waals surface area contributed by atoms with Crippen LogP contribution >= 0.6 is 11.6 Å². The van der Waals surface area contributed by atoms with Crippen LogP contribution in [0.4, 0.5) is 4.39 Å². The van der Waals surface area contributed by atoms with Gasteiger partial charge in [-0.05, 0) is 25.1 Å². The third-order valence-electron chi connectivity index (χ3n) is 3.41. The summed E-state index contributed by atoms with van der Waals surface area (Å²) in [6.07, 6.45) is 1.82. The van der Waals surface area contributed by atoms with Gasteiger partial charge in [-0.25, -0.2) is 4.39 Å². The highest BCUT2D eigenvalue weighted by Crippen LogP contribution is 2.30. The molecule has 0 bridgehead atoms. The van der Waals surface area contributed by atoms with Crippen molar-refractivity contribution < 1.29 is 13.9 Å². The molecule has 3 unspecified atom stereocenters. The van der Waals surface area contributed by atoms with Gasteiger partial charge >= 0.3 is 0 Å². The molecule has 1 saturated carbocycles. The Morgan fingerprint density at radius 2 is 2.20 bits per heavy atom. The second-order valence-electron chi connectivity index (χ2n) is 4.97. The molecule has 112 valence electrons. The highest BCUT2D eigenvalue weighted by atomic mass is 35.5. The monoisotopic (exact) mass is 301 g/mol. The Bertz CT molecular complexity index is 444. The lowest BCUT2D eigenvalue weighted by atomic mass is 9.85. The molecule has 20 heavy (non-hydrogen) atoms. The maximum absolute atomic E-state index is 13.4. The van der Waals surface area contributed by atoms with Gasteiger partial charge in [0.15, 0.2) is 0 Å². The number of hydrogen-bond acceptors (Lipinski definition) is 3. The van der Waals surface area contributed by atoms with E-state index in [1.807, 2.05) is 0 Å². The third-order valence-corrected chi connectivity index (χ3v) is 3.72. The zero-order chi connectivity index (χ0) is 14.5. The molecule has 1 aromatic carbocycles. The number of ether oxygens (including phenoxy) is 2. The van der Waals surface area contributed by atoms with Crippen LogP contribution in [0.5, 0.6) is 5.75 Å². The summed E-state index contributed by atoms with van der Waals surface area (Å²) in [5, 5.41) is 3.48. The summed E-state index contributed by atoms with van der Waals surface area (Å²) in [5.41, 5.74) is 0. The lowest BCUT2D eigenvalue weighted by molar-refractivity contribution is -0.107. The fourth-order valence-electron chi connectivity index (χ4n) is 2.36. The first-order valence-electron chi connectivity index (χ1n) is 7.12. The lowest BCUT2D eigenvalue weighted by Gasteiger charge is -2.44. The zero-order valence-corrected chi connectivity index (χ0v) is 12.6. The second-order valence-corrected chi connectivity index (χ2v) is 5.37. The summed E-state index contributed by atoms with van der Waals surface area (Å²) >= 11 is 5.66. The van der Waals surface area contributed by atoms with Crippen LogP contribution in [0.1, 0.15) is 26.7 Å². The van der Waals surface area contributed by atoms with Crippen molar-refractivity contribution in [3.63, 3.8) is 0 Å². The van der Waals surface area contributed by atoms with Gasteiger partial charge in [0.2, 0.25) is 0 Å². The summed E-state index contributed by atoms with van der Waals surface area (Å²) in [6, 6.07) is 4.82. The topological polar surface area (TPSA) is 30.5 Å². The van der Waals surface area contributed by atoms with E-state index in [2.05, 4.69) is 19.2 Å². The maximum atomic E-state index is 13.4. The highest BCUT2D eigenvalue weighted by molar-refractivity contribution is 6.30. The summed E-state index contributed by atoms with van der Waals surface area (Å²) in [4.78, 5) is 0. The van der Waals surface area contributed by atoms with E-state index in [4.69, 9.17) is 21.1 Å². The number of likely N-dealkylation sites (N-methyl/N-ethyl adjacent to an activating group) is 1. The van der Waals surface area contributed by atoms with Crippen LogP contribution in [0.2, 0.25) is 5.02 Å². The molecule has 5 heteroatoms. The maximum Gasteiger partial charge on any atom is 0.145 e. The first-order valence-corrected chi connectivity index (χ1v) is 7.50. The first kappa shape index (κ1) is 15.5. The summed E-state index contributed by atoms with van der Waals surface area (Å²) in [5.74, 6) is 0.0368. The molecule has 0 saturated heterocycles. The van der Waals surface area contributed by atoms with E-state index in [0.29, 0.717) is 18.4 Å². The Labute approximate surface area is 124 Å². The Morgan fingerprint density at radius 1 is 1.40 bits per heavy atom. The SMILES string of the molecule is CCCOC1C(NCC)CC1Oc1ccc(Cl)c(F)c1. The Morgan fingerprint density at radius 3 is 2.85 bits per heavy atom. The minimum absolute atomic E-state index is 0.0219. The minimum Gasteiger partial charge on any atom is -0.487 e. The van der Waals surface area contributed by atoms with Crippen LogP contribution < -0.4 is 10.1 Å². The number of hydrogen-bond donors (Lipinski definition) is 1. The molecule has 0 spiro atoms. The van der Waals surface area contributed by atoms with Gasteiger partial charge in [-0.15, -0.1) is 0 Å². The highest BCUT2D eigenvalue weighted by Gasteiger charge is 2.43. The van der Waals surface area contributed by atoms with E-state index in [-0.39, 0.29) is 17.2 Å². The van der Waals surface area contributed by atoms with E-state index in [1.54, 1.807) is 6.07 Å². The summed E-state index contributed by atoms with van der Waals surface area (Å²) in [6.45, 7) is 5.76. The zero-order valence-electron chi connectivity index (χ0n) is 11.9. The molecule has 0 aliphatic heterocycles. The van der Waals surface area contributed by atoms with Gasteiger partial charge in [0.1, 0.15) is 23.8 Å². The number of nitrogens with one attached hydrogen (secondary N) is 1. The molecule has 3 nitrogen and oxygen atoms in total. The molecular formula is C15H21ClFNO2. The minimum atomic E-state index is -0.460. The van der Waals surface area contributed by atoms with Gasteiger partial charge in [-0.2, -0.15) is 0 Å². The standard InChI is InChI=1S/C15H21ClFNO2/c1-3-7-19-15-13(18-4-2)9-14(15)20-10-5-6-11(16)12(17)8-10/h5-6,8,13-15,18H,3-4,7,9H2,1-2H3. The molecule has 0 radical (unpaired) electrons. The Kier molecular flexibility index (Phi) is 5.64. The van der Waals surface area contributed by atoms with E-state index >= 15 is 0 Å². The normalized spacial score (nSPS) is 25.3. The van der Waals surface area contributed by atoms with Crippen LogP contribution in [-0.4, -0.2) is 31.4 Å². The number of halogens is 2. The molecule has 1 aromatic rings. The quantitative estimate of drug-likeness (QED) is 0.837. The molecule has 1 fully saturated rings. The first-order chi connectivity index (χ1) is 9.65. The van der Waals surface area contributed by atoms with Crippen LogP contribution in [0.3, 0.4) is 0 Å². The smallest absolute Gasteiger partial charge is 0.145 e. The molecule has 0 aromatic heterocycles. The summed E-state index contributed by atoms with van der Waals surface area (Å²) < 4.78 is 25.0. The fraction of sp³-hybridized carbons (Fsp3) is 0.600. The molecular weight excluding hydrogens is 281 g/mol. The van der Waals surface area contributed by atoms with Crippen molar-refractivity contribution >= 4 is 11.6 Å². The molecule has 3 atom stereocenters. The average Bonchev–Trinajstić information content (AvgIpc) is 2.42. The van der Waals surface area contributed by atoms with Crippen molar-refractivity contribution in [3.8, 4) is 5.75 Å². The van der Waals surface area contributed by atoms with Crippen molar-refractivity contribution in [1.82, 2.24) is 5.32 Å². The van der Waals surface area contributed by atoms with Crippen LogP contribution in [0.15, 0.2) is 18.2 Å². The van der Waals surface area contributed by atoms with Crippen molar-refractivity contribution in [2.45, 2.75) is 44.9 Å². The lowest BCUT2D eigenvalue weighted by Crippen LogP contribution is -2.61. The van der Waals surface area contributed by atoms with Gasteiger partial charge < -0.3 is 14.8 Å². The van der Waals surface area contributed by atoms with E-state index < -0.39 is 5.82 Å². The predicted octanol–water partition coefficient (Wildman–Crippen LogP) is 3.40. The van der Waals surface area contributed by atoms with E-state index in [9.17, 15) is 4.39 Å². The van der Waals surface area contributed by atoms with Crippen LogP contribution in [0.25, 0.3) is 0 Å². The average molecular weight is 302 g/mol. The number of rotatable bonds is 7. The van der Waals surface area contributed by atoms with Crippen molar-refractivity contribution in [3.05, 3.63) is 29.0 Å². The largest absolute Gasteiger partial charge is 0.487 e. The van der Waals surface area contributed by atoms with Gasteiger partial charge in [0.25, 0.3) is 0 Å². The van der Waals surface area contributed by atoms with Gasteiger partial charge in [0, 0.05) is 25.1 Å². The molecule has 0 amide bonds. The van der Waals surface area contributed by atoms with E-state index in [0.717, 1.165) is 19.4 Å². The number of benzene rings is 1. The molecule has 2 rings (SSSR count). The van der Waals surface area contributed by atoms with Crippen molar-refractivity contribution in [2.24, 2.45) is 0 Å². The molecule has 1 N–H and O–H groups in total. The summed E-state index contributed by atoms with van der Waals surface area (Å²) in [7, 11) is 0. The van der Waals surface area contributed by atoms with Crippen LogP contribution in [-0.2, 0) is 4.74 Å². The van der Waals surface area contributed by atoms with Gasteiger partial charge in [-0.3, -0.25) is 0 Å². The van der Waals surface area contributed by atoms with Gasteiger partial charge in [0.05, 0.1) is 5.02 Å². The predicted molar refractivity (Wildman–Crippen MR) is 77.9 cm³/mol. The Balaban J connectivity index is 1.95. The fourth-order valence-corrected chi connectivity index (χ4v) is 2.48. The molecule has 1 aliphatic carbocycles. The Hall–Kier alpha value is -0.840. The third kappa shape index (κ3) is 3.62. The second kappa shape index (κ2) is 7.25. The van der Waals surface area contributed by atoms with Crippen LogP contribution in [0, 0.1) is 5.82 Å².